The van der Waals surface area contributed by atoms with E-state index < -0.39 is 0 Å². The van der Waals surface area contributed by atoms with Gasteiger partial charge in [-0.05, 0) is 19.8 Å². The average molecular weight is 334 g/mol. The Labute approximate surface area is 138 Å². The second kappa shape index (κ2) is 6.86. The van der Waals surface area contributed by atoms with Crippen LogP contribution in [0.3, 0.4) is 0 Å². The highest BCUT2D eigenvalue weighted by molar-refractivity contribution is 7.11. The van der Waals surface area contributed by atoms with E-state index >= 15 is 0 Å². The number of carbonyl (C=O) groups is 1. The van der Waals surface area contributed by atoms with Crippen molar-refractivity contribution in [3.05, 3.63) is 21.9 Å². The Morgan fingerprint density at radius 2 is 2.13 bits per heavy atom. The minimum absolute atomic E-state index is 0.174. The summed E-state index contributed by atoms with van der Waals surface area (Å²) in [7, 11) is 1.52. The van der Waals surface area contributed by atoms with E-state index in [9.17, 15) is 4.79 Å². The first-order valence-corrected chi connectivity index (χ1v) is 8.27. The number of nitrogens with zero attached hydrogens (tertiary/aromatic N) is 5. The van der Waals surface area contributed by atoms with Crippen LogP contribution >= 0.6 is 11.3 Å². The standard InChI is InChI=1S/C14H18N6O2S/c1-9-11(23-8-16-9)12(21)15-7-10-17-13(19-14(18-10)22-2)20-5-3-4-6-20/h8H,3-7H2,1-2H3,(H,15,21). The molecule has 8 nitrogen and oxygen atoms in total. The lowest BCUT2D eigenvalue weighted by atomic mass is 10.4. The van der Waals surface area contributed by atoms with Crippen LogP contribution in [0.1, 0.15) is 34.0 Å². The molecule has 1 N–H and O–H groups in total. The number of nitrogens with one attached hydrogen (secondary N) is 1. The lowest BCUT2D eigenvalue weighted by Gasteiger charge is -2.16. The number of aromatic nitrogens is 4. The van der Waals surface area contributed by atoms with Gasteiger partial charge in [0.05, 0.1) is 24.9 Å². The van der Waals surface area contributed by atoms with Crippen LogP contribution in [-0.4, -0.2) is 46.0 Å². The van der Waals surface area contributed by atoms with Crippen LogP contribution in [0, 0.1) is 6.92 Å². The molecule has 1 aliphatic rings. The van der Waals surface area contributed by atoms with Gasteiger partial charge in [0.2, 0.25) is 5.95 Å². The van der Waals surface area contributed by atoms with Gasteiger partial charge in [0.1, 0.15) is 4.88 Å². The van der Waals surface area contributed by atoms with Crippen molar-refractivity contribution in [2.24, 2.45) is 0 Å². The maximum atomic E-state index is 12.1. The first-order valence-electron chi connectivity index (χ1n) is 7.39. The summed E-state index contributed by atoms with van der Waals surface area (Å²) >= 11 is 1.31. The lowest BCUT2D eigenvalue weighted by Crippen LogP contribution is -2.26. The summed E-state index contributed by atoms with van der Waals surface area (Å²) in [4.78, 5) is 31.8. The Bertz CT molecular complexity index is 698. The molecule has 2 aromatic rings. The Hall–Kier alpha value is -2.29. The number of aryl methyl sites for hydroxylation is 1. The number of rotatable bonds is 5. The van der Waals surface area contributed by atoms with Crippen molar-refractivity contribution < 1.29 is 9.53 Å². The van der Waals surface area contributed by atoms with Crippen LogP contribution in [0.15, 0.2) is 5.51 Å². The molecule has 0 aromatic carbocycles. The molecule has 1 amide bonds. The summed E-state index contributed by atoms with van der Waals surface area (Å²) in [5.74, 6) is 0.911. The van der Waals surface area contributed by atoms with Crippen molar-refractivity contribution in [1.82, 2.24) is 25.3 Å². The summed E-state index contributed by atoms with van der Waals surface area (Å²) in [6.45, 7) is 3.89. The molecule has 0 spiro atoms. The average Bonchev–Trinajstić information content (AvgIpc) is 3.23. The Kier molecular flexibility index (Phi) is 4.65. The van der Waals surface area contributed by atoms with E-state index in [4.69, 9.17) is 4.74 Å². The number of ether oxygens (including phenoxy) is 1. The summed E-state index contributed by atoms with van der Waals surface area (Å²) in [6, 6.07) is 0.264. The van der Waals surface area contributed by atoms with Gasteiger partial charge in [-0.15, -0.1) is 11.3 Å². The maximum Gasteiger partial charge on any atom is 0.321 e. The maximum absolute atomic E-state index is 12.1. The fraction of sp³-hybridized carbons (Fsp3) is 0.500. The molecular weight excluding hydrogens is 316 g/mol. The van der Waals surface area contributed by atoms with Gasteiger partial charge < -0.3 is 15.0 Å². The van der Waals surface area contributed by atoms with Crippen LogP contribution in [0.2, 0.25) is 0 Å². The molecule has 1 fully saturated rings. The van der Waals surface area contributed by atoms with Gasteiger partial charge >= 0.3 is 6.01 Å². The van der Waals surface area contributed by atoms with E-state index in [1.807, 2.05) is 6.92 Å². The SMILES string of the molecule is COc1nc(CNC(=O)c2scnc2C)nc(N2CCCC2)n1. The molecule has 0 aliphatic carbocycles. The van der Waals surface area contributed by atoms with E-state index in [0.717, 1.165) is 31.6 Å². The molecule has 2 aromatic heterocycles. The van der Waals surface area contributed by atoms with Gasteiger partial charge in [0, 0.05) is 13.1 Å². The Morgan fingerprint density at radius 3 is 2.78 bits per heavy atom. The van der Waals surface area contributed by atoms with E-state index in [2.05, 4.69) is 30.2 Å². The molecule has 0 saturated carbocycles. The minimum atomic E-state index is -0.174. The molecule has 1 saturated heterocycles. The quantitative estimate of drug-likeness (QED) is 0.877. The van der Waals surface area contributed by atoms with Crippen LogP contribution in [-0.2, 0) is 6.54 Å². The lowest BCUT2D eigenvalue weighted by molar-refractivity contribution is 0.0953. The highest BCUT2D eigenvalue weighted by atomic mass is 32.1. The second-order valence-electron chi connectivity index (χ2n) is 5.18. The van der Waals surface area contributed by atoms with Crippen molar-refractivity contribution in [2.75, 3.05) is 25.1 Å². The first kappa shape index (κ1) is 15.6. The molecule has 0 bridgehead atoms. The molecule has 9 heteroatoms. The monoisotopic (exact) mass is 334 g/mol. The van der Waals surface area contributed by atoms with Gasteiger partial charge in [-0.1, -0.05) is 0 Å². The first-order chi connectivity index (χ1) is 11.2. The Balaban J connectivity index is 1.73. The summed E-state index contributed by atoms with van der Waals surface area (Å²) < 4.78 is 5.14. The summed E-state index contributed by atoms with van der Waals surface area (Å²) in [5, 5.41) is 2.82. The second-order valence-corrected chi connectivity index (χ2v) is 6.04. The van der Waals surface area contributed by atoms with Crippen molar-refractivity contribution in [1.29, 1.82) is 0 Å². The fourth-order valence-electron chi connectivity index (χ4n) is 2.37. The van der Waals surface area contributed by atoms with Crippen LogP contribution in [0.25, 0.3) is 0 Å². The van der Waals surface area contributed by atoms with Crippen LogP contribution < -0.4 is 15.0 Å². The molecule has 3 rings (SSSR count). The molecule has 0 radical (unpaired) electrons. The van der Waals surface area contributed by atoms with Gasteiger partial charge in [0.15, 0.2) is 5.82 Å². The zero-order valence-corrected chi connectivity index (χ0v) is 13.9. The molecule has 1 aliphatic heterocycles. The summed E-state index contributed by atoms with van der Waals surface area (Å²) in [5.41, 5.74) is 2.38. The molecule has 23 heavy (non-hydrogen) atoms. The highest BCUT2D eigenvalue weighted by Gasteiger charge is 2.18. The molecule has 3 heterocycles. The zero-order chi connectivity index (χ0) is 16.2. The minimum Gasteiger partial charge on any atom is -0.467 e. The van der Waals surface area contributed by atoms with Crippen molar-refractivity contribution in [3.63, 3.8) is 0 Å². The van der Waals surface area contributed by atoms with Gasteiger partial charge in [-0.3, -0.25) is 4.79 Å². The number of anilines is 1. The normalized spacial score (nSPS) is 14.1. The third-order valence-corrected chi connectivity index (χ3v) is 4.51. The number of amides is 1. The predicted molar refractivity (Wildman–Crippen MR) is 85.8 cm³/mol. The smallest absolute Gasteiger partial charge is 0.321 e. The molecule has 0 atom stereocenters. The van der Waals surface area contributed by atoms with Crippen molar-refractivity contribution in [3.8, 4) is 6.01 Å². The van der Waals surface area contributed by atoms with Crippen LogP contribution in [0.4, 0.5) is 5.95 Å². The number of thiazole rings is 1. The number of methoxy groups -OCH3 is 1. The van der Waals surface area contributed by atoms with E-state index in [-0.39, 0.29) is 18.5 Å². The number of hydrogen-bond acceptors (Lipinski definition) is 8. The van der Waals surface area contributed by atoms with Crippen molar-refractivity contribution >= 4 is 23.2 Å². The zero-order valence-electron chi connectivity index (χ0n) is 13.1. The topological polar surface area (TPSA) is 93.1 Å². The number of hydrogen-bond donors (Lipinski definition) is 1. The van der Waals surface area contributed by atoms with E-state index in [0.29, 0.717) is 16.6 Å². The predicted octanol–water partition coefficient (Wildman–Crippen LogP) is 1.18. The fourth-order valence-corrected chi connectivity index (χ4v) is 3.09. The molecule has 122 valence electrons. The molecule has 0 unspecified atom stereocenters. The third-order valence-electron chi connectivity index (χ3n) is 3.58. The summed E-state index contributed by atoms with van der Waals surface area (Å²) in [6.07, 6.45) is 2.26. The van der Waals surface area contributed by atoms with Gasteiger partial charge in [-0.25, -0.2) is 4.98 Å². The molecular formula is C14H18N6O2S. The van der Waals surface area contributed by atoms with E-state index in [1.165, 1.54) is 18.4 Å². The largest absolute Gasteiger partial charge is 0.467 e. The Morgan fingerprint density at radius 1 is 1.35 bits per heavy atom. The van der Waals surface area contributed by atoms with Crippen LogP contribution in [0.5, 0.6) is 6.01 Å². The van der Waals surface area contributed by atoms with Gasteiger partial charge in [0.25, 0.3) is 5.91 Å². The number of carbonyl (C=O) groups excluding carboxylic acids is 1. The van der Waals surface area contributed by atoms with Gasteiger partial charge in [-0.2, -0.15) is 15.0 Å². The highest BCUT2D eigenvalue weighted by Crippen LogP contribution is 2.18. The third kappa shape index (κ3) is 3.55. The van der Waals surface area contributed by atoms with E-state index in [1.54, 1.807) is 5.51 Å². The van der Waals surface area contributed by atoms with Crippen molar-refractivity contribution in [2.45, 2.75) is 26.3 Å².